The van der Waals surface area contributed by atoms with E-state index in [1.165, 1.54) is 6.07 Å². The van der Waals surface area contributed by atoms with Crippen LogP contribution in [0, 0.1) is 18.7 Å². The predicted octanol–water partition coefficient (Wildman–Crippen LogP) is 3.51. The molecule has 3 heteroatoms. The second kappa shape index (κ2) is 5.64. The molecule has 1 aromatic carbocycles. The Morgan fingerprint density at radius 1 is 1.38 bits per heavy atom. The summed E-state index contributed by atoms with van der Waals surface area (Å²) in [6.07, 6.45) is 1.92. The van der Waals surface area contributed by atoms with Crippen molar-refractivity contribution in [3.8, 4) is 0 Å². The number of hydrogen-bond acceptors (Lipinski definition) is 1. The van der Waals surface area contributed by atoms with E-state index in [4.69, 9.17) is 0 Å². The van der Waals surface area contributed by atoms with Gasteiger partial charge in [0, 0.05) is 11.6 Å². The average molecular weight is 223 g/mol. The number of carbonyl (C=O) groups is 1. The van der Waals surface area contributed by atoms with E-state index in [1.807, 2.05) is 13.8 Å². The van der Waals surface area contributed by atoms with Gasteiger partial charge in [-0.2, -0.15) is 0 Å². The van der Waals surface area contributed by atoms with Gasteiger partial charge in [0.15, 0.2) is 0 Å². The van der Waals surface area contributed by atoms with Crippen molar-refractivity contribution in [2.75, 3.05) is 5.32 Å². The molecule has 0 unspecified atom stereocenters. The lowest BCUT2D eigenvalue weighted by molar-refractivity contribution is -0.117. The zero-order valence-electron chi connectivity index (χ0n) is 10.0. The lowest BCUT2D eigenvalue weighted by atomic mass is 10.2. The molecule has 1 amide bonds. The number of carbonyl (C=O) groups excluding carboxylic acids is 1. The van der Waals surface area contributed by atoms with E-state index >= 15 is 0 Å². The van der Waals surface area contributed by atoms with Gasteiger partial charge in [-0.3, -0.25) is 4.79 Å². The topological polar surface area (TPSA) is 29.1 Å². The quantitative estimate of drug-likeness (QED) is 0.816. The summed E-state index contributed by atoms with van der Waals surface area (Å²) in [4.78, 5) is 11.3. The average Bonchev–Trinajstić information content (AvgIpc) is 3.10. The Kier molecular flexibility index (Phi) is 4.47. The molecule has 0 heterocycles. The summed E-state index contributed by atoms with van der Waals surface area (Å²) in [6.45, 7) is 5.70. The van der Waals surface area contributed by atoms with Gasteiger partial charge in [0.05, 0.1) is 0 Å². The Balaban J connectivity index is 0.000000606. The lowest BCUT2D eigenvalue weighted by Crippen LogP contribution is -2.13. The van der Waals surface area contributed by atoms with Crippen molar-refractivity contribution in [2.45, 2.75) is 33.6 Å². The molecule has 0 radical (unpaired) electrons. The third kappa shape index (κ3) is 3.33. The number of benzene rings is 1. The van der Waals surface area contributed by atoms with Crippen LogP contribution in [-0.2, 0) is 4.79 Å². The number of aryl methyl sites for hydroxylation is 1. The van der Waals surface area contributed by atoms with Crippen molar-refractivity contribution in [1.82, 2.24) is 0 Å². The highest BCUT2D eigenvalue weighted by molar-refractivity contribution is 5.94. The number of hydrogen-bond donors (Lipinski definition) is 1. The van der Waals surface area contributed by atoms with Crippen LogP contribution in [0.3, 0.4) is 0 Å². The number of halogens is 1. The minimum absolute atomic E-state index is 0.00764. The third-order valence-electron chi connectivity index (χ3n) is 2.39. The maximum absolute atomic E-state index is 13.1. The Labute approximate surface area is 95.9 Å². The number of rotatable bonds is 2. The fourth-order valence-electron chi connectivity index (χ4n) is 1.26. The Bertz CT molecular complexity index is 372. The van der Waals surface area contributed by atoms with Crippen LogP contribution in [0.2, 0.25) is 0 Å². The first kappa shape index (κ1) is 12.7. The number of nitrogens with one attached hydrogen (secondary N) is 1. The molecule has 0 aromatic heterocycles. The minimum atomic E-state index is -0.279. The zero-order chi connectivity index (χ0) is 12.1. The summed E-state index contributed by atoms with van der Waals surface area (Å²) in [5.41, 5.74) is 1.14. The van der Waals surface area contributed by atoms with Gasteiger partial charge in [-0.25, -0.2) is 4.39 Å². The second-order valence-corrected chi connectivity index (χ2v) is 3.73. The third-order valence-corrected chi connectivity index (χ3v) is 2.39. The fourth-order valence-corrected chi connectivity index (χ4v) is 1.26. The van der Waals surface area contributed by atoms with Gasteiger partial charge in [-0.05, 0) is 37.5 Å². The summed E-state index contributed by atoms with van der Waals surface area (Å²) in [5, 5.41) is 2.69. The fraction of sp³-hybridized carbons (Fsp3) is 0.462. The van der Waals surface area contributed by atoms with Crippen molar-refractivity contribution in [3.63, 3.8) is 0 Å². The lowest BCUT2D eigenvalue weighted by Gasteiger charge is -2.04. The molecule has 1 aromatic rings. The van der Waals surface area contributed by atoms with Gasteiger partial charge in [-0.1, -0.05) is 19.9 Å². The maximum atomic E-state index is 13.1. The normalized spacial score (nSPS) is 13.8. The summed E-state index contributed by atoms with van der Waals surface area (Å²) in [6, 6.07) is 4.74. The van der Waals surface area contributed by atoms with E-state index in [0.717, 1.165) is 12.8 Å². The highest BCUT2D eigenvalue weighted by Gasteiger charge is 2.29. The van der Waals surface area contributed by atoms with Crippen LogP contribution in [-0.4, -0.2) is 5.91 Å². The van der Waals surface area contributed by atoms with Crippen LogP contribution in [0.4, 0.5) is 10.1 Å². The molecule has 0 saturated heterocycles. The Hall–Kier alpha value is -1.38. The van der Waals surface area contributed by atoms with Crippen LogP contribution >= 0.6 is 0 Å². The van der Waals surface area contributed by atoms with E-state index < -0.39 is 0 Å². The molecule has 0 atom stereocenters. The first-order valence-corrected chi connectivity index (χ1v) is 5.74. The standard InChI is InChI=1S/C11H12FNO.C2H6/c1-7-2-5-9(6-10(7)12)13-11(14)8-3-4-8;1-2/h2,5-6,8H,3-4H2,1H3,(H,13,14);1-2H3. The highest BCUT2D eigenvalue weighted by Crippen LogP contribution is 2.30. The van der Waals surface area contributed by atoms with Crippen molar-refractivity contribution >= 4 is 11.6 Å². The molecule has 2 nitrogen and oxygen atoms in total. The summed E-state index contributed by atoms with van der Waals surface area (Å²) < 4.78 is 13.1. The monoisotopic (exact) mass is 223 g/mol. The van der Waals surface area contributed by atoms with E-state index in [0.29, 0.717) is 11.3 Å². The van der Waals surface area contributed by atoms with Crippen LogP contribution in [0.1, 0.15) is 32.3 Å². The molecule has 0 spiro atoms. The first-order valence-electron chi connectivity index (χ1n) is 5.74. The SMILES string of the molecule is CC.Cc1ccc(NC(=O)C2CC2)cc1F. The molecule has 1 fully saturated rings. The summed E-state index contributed by atoms with van der Waals surface area (Å²) in [7, 11) is 0. The van der Waals surface area contributed by atoms with Gasteiger partial charge < -0.3 is 5.32 Å². The van der Waals surface area contributed by atoms with E-state index in [-0.39, 0.29) is 17.6 Å². The van der Waals surface area contributed by atoms with Crippen molar-refractivity contribution in [1.29, 1.82) is 0 Å². The van der Waals surface area contributed by atoms with E-state index in [1.54, 1.807) is 19.1 Å². The first-order chi connectivity index (χ1) is 7.66. The van der Waals surface area contributed by atoms with E-state index in [9.17, 15) is 9.18 Å². The van der Waals surface area contributed by atoms with Crippen molar-refractivity contribution < 1.29 is 9.18 Å². The molecular formula is C13H18FNO. The second-order valence-electron chi connectivity index (χ2n) is 3.73. The van der Waals surface area contributed by atoms with Gasteiger partial charge in [0.25, 0.3) is 0 Å². The van der Waals surface area contributed by atoms with Crippen LogP contribution in [0.5, 0.6) is 0 Å². The largest absolute Gasteiger partial charge is 0.326 e. The predicted molar refractivity (Wildman–Crippen MR) is 63.8 cm³/mol. The molecule has 1 aliphatic rings. The highest BCUT2D eigenvalue weighted by atomic mass is 19.1. The molecule has 0 aliphatic heterocycles. The summed E-state index contributed by atoms with van der Waals surface area (Å²) in [5.74, 6) is -0.119. The number of anilines is 1. The van der Waals surface area contributed by atoms with Crippen LogP contribution in [0.25, 0.3) is 0 Å². The molecular weight excluding hydrogens is 205 g/mol. The molecule has 0 bridgehead atoms. The molecule has 1 N–H and O–H groups in total. The van der Waals surface area contributed by atoms with E-state index in [2.05, 4.69) is 5.32 Å². The molecule has 2 rings (SSSR count). The van der Waals surface area contributed by atoms with Crippen LogP contribution in [0.15, 0.2) is 18.2 Å². The molecule has 88 valence electrons. The molecule has 1 saturated carbocycles. The van der Waals surface area contributed by atoms with Gasteiger partial charge >= 0.3 is 0 Å². The Morgan fingerprint density at radius 3 is 2.50 bits per heavy atom. The molecule has 1 aliphatic carbocycles. The van der Waals surface area contributed by atoms with Gasteiger partial charge in [0.2, 0.25) is 5.91 Å². The van der Waals surface area contributed by atoms with Crippen molar-refractivity contribution in [3.05, 3.63) is 29.6 Å². The Morgan fingerprint density at radius 2 is 2.00 bits per heavy atom. The van der Waals surface area contributed by atoms with Crippen LogP contribution < -0.4 is 5.32 Å². The minimum Gasteiger partial charge on any atom is -0.326 e. The zero-order valence-corrected chi connectivity index (χ0v) is 10.0. The number of amides is 1. The molecule has 16 heavy (non-hydrogen) atoms. The summed E-state index contributed by atoms with van der Waals surface area (Å²) >= 11 is 0. The maximum Gasteiger partial charge on any atom is 0.227 e. The van der Waals surface area contributed by atoms with Gasteiger partial charge in [-0.15, -0.1) is 0 Å². The van der Waals surface area contributed by atoms with Crippen molar-refractivity contribution in [2.24, 2.45) is 5.92 Å². The smallest absolute Gasteiger partial charge is 0.227 e. The van der Waals surface area contributed by atoms with Gasteiger partial charge in [0.1, 0.15) is 5.82 Å².